The van der Waals surface area contributed by atoms with Gasteiger partial charge >= 0.3 is 0 Å². The van der Waals surface area contributed by atoms with E-state index >= 15 is 0 Å². The second-order valence-corrected chi connectivity index (χ2v) is 6.25. The van der Waals surface area contributed by atoms with Crippen LogP contribution in [0.2, 0.25) is 0 Å². The molecule has 3 rings (SSSR count). The molecular formula is C17H25N5. The van der Waals surface area contributed by atoms with E-state index in [1.807, 2.05) is 18.5 Å². The van der Waals surface area contributed by atoms with Crippen LogP contribution in [0.3, 0.4) is 0 Å². The Morgan fingerprint density at radius 1 is 1.18 bits per heavy atom. The third kappa shape index (κ3) is 3.14. The van der Waals surface area contributed by atoms with E-state index in [2.05, 4.69) is 57.4 Å². The number of pyridine rings is 1. The van der Waals surface area contributed by atoms with Crippen LogP contribution in [0.4, 0.5) is 5.82 Å². The highest BCUT2D eigenvalue weighted by molar-refractivity contribution is 5.38. The van der Waals surface area contributed by atoms with Crippen LogP contribution >= 0.6 is 0 Å². The number of hydrogen-bond acceptors (Lipinski definition) is 4. The summed E-state index contributed by atoms with van der Waals surface area (Å²) < 4.78 is 2.39. The minimum atomic E-state index is 0.543. The highest BCUT2D eigenvalue weighted by Gasteiger charge is 2.19. The molecule has 1 aliphatic rings. The lowest BCUT2D eigenvalue weighted by Crippen LogP contribution is -2.29. The Bertz CT molecular complexity index is 605. The average Bonchev–Trinajstić information content (AvgIpc) is 2.78. The summed E-state index contributed by atoms with van der Waals surface area (Å²) in [6.45, 7) is 8.35. The molecule has 0 atom stereocenters. The number of imidazole rings is 1. The van der Waals surface area contributed by atoms with Gasteiger partial charge in [0.1, 0.15) is 11.6 Å². The monoisotopic (exact) mass is 299 g/mol. The Kier molecular flexibility index (Phi) is 4.43. The molecule has 3 heterocycles. The Hall–Kier alpha value is -1.88. The molecule has 1 aliphatic heterocycles. The minimum Gasteiger partial charge on any atom is -0.354 e. The van der Waals surface area contributed by atoms with E-state index in [4.69, 9.17) is 0 Å². The van der Waals surface area contributed by atoms with Crippen molar-refractivity contribution in [1.29, 1.82) is 0 Å². The maximum atomic E-state index is 4.65. The van der Waals surface area contributed by atoms with Gasteiger partial charge in [0.2, 0.25) is 0 Å². The topological polar surface area (TPSA) is 37.2 Å². The van der Waals surface area contributed by atoms with Gasteiger partial charge in [-0.25, -0.2) is 9.97 Å². The predicted molar refractivity (Wildman–Crippen MR) is 89.0 cm³/mol. The molecule has 5 heteroatoms. The first kappa shape index (κ1) is 15.0. The Balaban J connectivity index is 1.73. The quantitative estimate of drug-likeness (QED) is 0.867. The molecular weight excluding hydrogens is 274 g/mol. The van der Waals surface area contributed by atoms with Gasteiger partial charge in [0.15, 0.2) is 0 Å². The molecule has 0 aromatic carbocycles. The average molecular weight is 299 g/mol. The minimum absolute atomic E-state index is 0.543. The fraction of sp³-hybridized carbons (Fsp3) is 0.529. The summed E-state index contributed by atoms with van der Waals surface area (Å²) in [5.74, 6) is 2.26. The molecule has 0 N–H and O–H groups in total. The van der Waals surface area contributed by atoms with Crippen molar-refractivity contribution in [1.82, 2.24) is 19.4 Å². The SMILES string of the molecule is CC(C)N(C)Cc1cnc2n1CCN(c1ccccn1)CC2. The van der Waals surface area contributed by atoms with Gasteiger partial charge in [0.25, 0.3) is 0 Å². The fourth-order valence-electron chi connectivity index (χ4n) is 2.83. The first-order valence-corrected chi connectivity index (χ1v) is 8.04. The molecule has 118 valence electrons. The van der Waals surface area contributed by atoms with Gasteiger partial charge in [0.05, 0.1) is 5.69 Å². The molecule has 0 spiro atoms. The zero-order chi connectivity index (χ0) is 15.5. The zero-order valence-corrected chi connectivity index (χ0v) is 13.7. The summed E-state index contributed by atoms with van der Waals surface area (Å²) in [5.41, 5.74) is 1.31. The lowest BCUT2D eigenvalue weighted by molar-refractivity contribution is 0.259. The Morgan fingerprint density at radius 3 is 2.77 bits per heavy atom. The molecule has 2 aromatic rings. The molecule has 0 saturated heterocycles. The second-order valence-electron chi connectivity index (χ2n) is 6.25. The van der Waals surface area contributed by atoms with Gasteiger partial charge in [-0.2, -0.15) is 0 Å². The van der Waals surface area contributed by atoms with E-state index in [0.29, 0.717) is 6.04 Å². The van der Waals surface area contributed by atoms with E-state index in [-0.39, 0.29) is 0 Å². The summed E-state index contributed by atoms with van der Waals surface area (Å²) in [4.78, 5) is 13.8. The molecule has 0 bridgehead atoms. The van der Waals surface area contributed by atoms with E-state index in [9.17, 15) is 0 Å². The van der Waals surface area contributed by atoms with Crippen LogP contribution in [0.15, 0.2) is 30.6 Å². The normalized spacial score (nSPS) is 15.2. The van der Waals surface area contributed by atoms with Crippen LogP contribution in [0.1, 0.15) is 25.4 Å². The predicted octanol–water partition coefficient (Wildman–Crippen LogP) is 2.18. The summed E-state index contributed by atoms with van der Waals surface area (Å²) in [6.07, 6.45) is 4.88. The van der Waals surface area contributed by atoms with Gasteiger partial charge in [-0.05, 0) is 33.0 Å². The molecule has 2 aromatic heterocycles. The van der Waals surface area contributed by atoms with Crippen molar-refractivity contribution in [3.05, 3.63) is 42.1 Å². The van der Waals surface area contributed by atoms with Gasteiger partial charge in [-0.1, -0.05) is 6.07 Å². The van der Waals surface area contributed by atoms with Crippen LogP contribution in [-0.4, -0.2) is 45.6 Å². The molecule has 5 nitrogen and oxygen atoms in total. The highest BCUT2D eigenvalue weighted by Crippen LogP contribution is 2.17. The van der Waals surface area contributed by atoms with Crippen molar-refractivity contribution in [2.75, 3.05) is 25.0 Å². The summed E-state index contributed by atoms with van der Waals surface area (Å²) in [7, 11) is 2.17. The summed E-state index contributed by atoms with van der Waals surface area (Å²) in [5, 5.41) is 0. The van der Waals surface area contributed by atoms with Crippen molar-refractivity contribution in [2.45, 2.75) is 39.4 Å². The number of fused-ring (bicyclic) bond motifs is 1. The molecule has 0 radical (unpaired) electrons. The van der Waals surface area contributed by atoms with Crippen LogP contribution in [0.5, 0.6) is 0 Å². The maximum absolute atomic E-state index is 4.65. The molecule has 0 fully saturated rings. The van der Waals surface area contributed by atoms with Crippen molar-refractivity contribution >= 4 is 5.82 Å². The first-order chi connectivity index (χ1) is 10.6. The number of rotatable bonds is 4. The molecule has 0 saturated carbocycles. The number of anilines is 1. The van der Waals surface area contributed by atoms with Crippen LogP contribution in [0.25, 0.3) is 0 Å². The third-order valence-corrected chi connectivity index (χ3v) is 4.49. The van der Waals surface area contributed by atoms with E-state index in [0.717, 1.165) is 38.4 Å². The number of hydrogen-bond donors (Lipinski definition) is 0. The standard InChI is InChI=1S/C17H25N5/c1-14(2)20(3)13-15-12-19-17-7-9-21(10-11-22(15)17)16-6-4-5-8-18-16/h4-6,8,12,14H,7,9-11,13H2,1-3H3. The number of aromatic nitrogens is 3. The molecule has 22 heavy (non-hydrogen) atoms. The zero-order valence-electron chi connectivity index (χ0n) is 13.7. The Morgan fingerprint density at radius 2 is 2.05 bits per heavy atom. The van der Waals surface area contributed by atoms with Gasteiger partial charge in [-0.15, -0.1) is 0 Å². The maximum Gasteiger partial charge on any atom is 0.128 e. The van der Waals surface area contributed by atoms with Crippen LogP contribution in [-0.2, 0) is 19.5 Å². The van der Waals surface area contributed by atoms with Gasteiger partial charge in [0, 0.05) is 51.0 Å². The van der Waals surface area contributed by atoms with Crippen LogP contribution in [0, 0.1) is 0 Å². The first-order valence-electron chi connectivity index (χ1n) is 8.04. The summed E-state index contributed by atoms with van der Waals surface area (Å²) >= 11 is 0. The highest BCUT2D eigenvalue weighted by atomic mass is 15.2. The van der Waals surface area contributed by atoms with E-state index in [1.54, 1.807) is 0 Å². The molecule has 0 aliphatic carbocycles. The molecule has 0 amide bonds. The Labute approximate surface area is 132 Å². The lowest BCUT2D eigenvalue weighted by atomic mass is 10.3. The lowest BCUT2D eigenvalue weighted by Gasteiger charge is -2.23. The van der Waals surface area contributed by atoms with Crippen molar-refractivity contribution < 1.29 is 0 Å². The third-order valence-electron chi connectivity index (χ3n) is 4.49. The smallest absolute Gasteiger partial charge is 0.128 e. The summed E-state index contributed by atoms with van der Waals surface area (Å²) in [6, 6.07) is 6.64. The van der Waals surface area contributed by atoms with Crippen molar-refractivity contribution in [2.24, 2.45) is 0 Å². The van der Waals surface area contributed by atoms with Crippen LogP contribution < -0.4 is 4.90 Å². The van der Waals surface area contributed by atoms with E-state index < -0.39 is 0 Å². The fourth-order valence-corrected chi connectivity index (χ4v) is 2.83. The van der Waals surface area contributed by atoms with Crippen molar-refractivity contribution in [3.8, 4) is 0 Å². The van der Waals surface area contributed by atoms with Gasteiger partial charge < -0.3 is 9.47 Å². The van der Waals surface area contributed by atoms with Gasteiger partial charge in [-0.3, -0.25) is 4.90 Å². The largest absolute Gasteiger partial charge is 0.354 e. The molecule has 0 unspecified atom stereocenters. The number of nitrogens with zero attached hydrogens (tertiary/aromatic N) is 5. The van der Waals surface area contributed by atoms with E-state index in [1.165, 1.54) is 11.5 Å². The van der Waals surface area contributed by atoms with Crippen molar-refractivity contribution in [3.63, 3.8) is 0 Å². The second kappa shape index (κ2) is 6.48.